The zero-order valence-corrected chi connectivity index (χ0v) is 19.4. The molecular weight excluding hydrogens is 440 g/mol. The van der Waals surface area contributed by atoms with Gasteiger partial charge < -0.3 is 25.3 Å². The predicted octanol–water partition coefficient (Wildman–Crippen LogP) is 4.49. The lowest BCUT2D eigenvalue weighted by atomic mass is 9.84. The summed E-state index contributed by atoms with van der Waals surface area (Å²) in [6.45, 7) is 5.60. The van der Waals surface area contributed by atoms with Crippen molar-refractivity contribution in [1.82, 2.24) is 15.5 Å². The molecule has 3 saturated heterocycles. The molecule has 0 unspecified atom stereocenters. The van der Waals surface area contributed by atoms with Gasteiger partial charge >= 0.3 is 6.03 Å². The number of rotatable bonds is 5. The van der Waals surface area contributed by atoms with E-state index in [0.29, 0.717) is 29.5 Å². The summed E-state index contributed by atoms with van der Waals surface area (Å²) in [6.07, 6.45) is 2.29. The maximum atomic E-state index is 13.0. The van der Waals surface area contributed by atoms with Crippen molar-refractivity contribution < 1.29 is 14.0 Å². The second-order valence-electron chi connectivity index (χ2n) is 8.58. The second kappa shape index (κ2) is 9.85. The molecule has 3 N–H and O–H groups in total. The number of benzene rings is 2. The Hall–Kier alpha value is -3.03. The number of fused-ring (bicyclic) bond motifs is 4. The molecular formula is C25H29ClN4O3. The summed E-state index contributed by atoms with van der Waals surface area (Å²) in [4.78, 5) is 27.5. The molecule has 3 aliphatic heterocycles. The van der Waals surface area contributed by atoms with Gasteiger partial charge in [0.05, 0.1) is 5.69 Å². The van der Waals surface area contributed by atoms with Gasteiger partial charge in [-0.15, -0.1) is 12.4 Å². The first-order chi connectivity index (χ1) is 15.6. The minimum absolute atomic E-state index is 0. The topological polar surface area (TPSA) is 86.6 Å². The fourth-order valence-corrected chi connectivity index (χ4v) is 4.91. The van der Waals surface area contributed by atoms with Crippen LogP contribution in [0.1, 0.15) is 30.3 Å². The minimum atomic E-state index is -0.260. The van der Waals surface area contributed by atoms with Crippen LogP contribution in [0.25, 0.3) is 22.1 Å². The van der Waals surface area contributed by atoms with Crippen molar-refractivity contribution in [1.29, 1.82) is 0 Å². The third-order valence-corrected chi connectivity index (χ3v) is 6.54. The van der Waals surface area contributed by atoms with E-state index in [-0.39, 0.29) is 30.4 Å². The van der Waals surface area contributed by atoms with Crippen molar-refractivity contribution in [2.75, 3.05) is 31.5 Å². The zero-order chi connectivity index (χ0) is 22.1. The Labute approximate surface area is 199 Å². The Balaban J connectivity index is 0.00000259. The molecule has 4 heterocycles. The summed E-state index contributed by atoms with van der Waals surface area (Å²) in [5.41, 5.74) is 2.98. The van der Waals surface area contributed by atoms with Gasteiger partial charge in [-0.3, -0.25) is 4.79 Å². The van der Waals surface area contributed by atoms with Crippen LogP contribution in [0, 0.1) is 5.92 Å². The first-order valence-corrected chi connectivity index (χ1v) is 11.3. The molecule has 3 aromatic rings. The molecule has 3 amide bonds. The predicted molar refractivity (Wildman–Crippen MR) is 132 cm³/mol. The number of carbonyl (C=O) groups is 2. The van der Waals surface area contributed by atoms with Crippen LogP contribution in [-0.4, -0.2) is 49.1 Å². The van der Waals surface area contributed by atoms with Crippen LogP contribution in [0.15, 0.2) is 52.9 Å². The van der Waals surface area contributed by atoms with Crippen molar-refractivity contribution in [3.05, 3.63) is 54.3 Å². The molecule has 3 aliphatic rings. The summed E-state index contributed by atoms with van der Waals surface area (Å²) in [6, 6.07) is 15.1. The number of amides is 3. The van der Waals surface area contributed by atoms with Gasteiger partial charge in [0.15, 0.2) is 5.76 Å². The Kier molecular flexibility index (Phi) is 6.91. The Bertz CT molecular complexity index is 1150. The number of piperidine rings is 3. The standard InChI is InChI=1S/C25H28N4O3.ClH/c1-2-26-25(31)28-20-9-4-3-7-18(20)19-8-5-6-17-14-22(32-23(17)19)24(30)27-21-15-29-12-10-16(21)11-13-29;/h3-9,14,16,21H,2,10-13,15H2,1H3,(H,27,30)(H2,26,28,31);1H/t21-;/m0./s1. The first kappa shape index (κ1) is 23.1. The van der Waals surface area contributed by atoms with E-state index >= 15 is 0 Å². The molecule has 1 atom stereocenters. The van der Waals surface area contributed by atoms with E-state index in [0.717, 1.165) is 49.0 Å². The minimum Gasteiger partial charge on any atom is -0.450 e. The highest BCUT2D eigenvalue weighted by molar-refractivity contribution is 6.03. The second-order valence-corrected chi connectivity index (χ2v) is 8.58. The highest BCUT2D eigenvalue weighted by atomic mass is 35.5. The van der Waals surface area contributed by atoms with Crippen LogP contribution < -0.4 is 16.0 Å². The van der Waals surface area contributed by atoms with Crippen LogP contribution in [0.5, 0.6) is 0 Å². The molecule has 0 aliphatic carbocycles. The number of hydrogen-bond acceptors (Lipinski definition) is 4. The zero-order valence-electron chi connectivity index (χ0n) is 18.6. The molecule has 7 nitrogen and oxygen atoms in total. The number of carbonyl (C=O) groups excluding carboxylic acids is 2. The monoisotopic (exact) mass is 468 g/mol. The fourth-order valence-electron chi connectivity index (χ4n) is 4.91. The number of urea groups is 1. The van der Waals surface area contributed by atoms with E-state index in [1.54, 1.807) is 6.07 Å². The normalized spacial score (nSPS) is 21.3. The Morgan fingerprint density at radius 1 is 1.06 bits per heavy atom. The smallest absolute Gasteiger partial charge is 0.319 e. The van der Waals surface area contributed by atoms with Crippen molar-refractivity contribution in [3.63, 3.8) is 0 Å². The number of anilines is 1. The van der Waals surface area contributed by atoms with Gasteiger partial charge in [0, 0.05) is 35.6 Å². The number of para-hydroxylation sites is 2. The van der Waals surface area contributed by atoms with Gasteiger partial charge in [0.25, 0.3) is 5.91 Å². The molecule has 2 bridgehead atoms. The van der Waals surface area contributed by atoms with Crippen LogP contribution in [0.4, 0.5) is 10.5 Å². The van der Waals surface area contributed by atoms with E-state index < -0.39 is 0 Å². The SMILES string of the molecule is CCNC(=O)Nc1ccccc1-c1cccc2cc(C(=O)N[C@H]3CN4CCC3CC4)oc12.Cl. The van der Waals surface area contributed by atoms with Crippen molar-refractivity contribution in [2.45, 2.75) is 25.8 Å². The van der Waals surface area contributed by atoms with Crippen LogP contribution >= 0.6 is 12.4 Å². The van der Waals surface area contributed by atoms with Gasteiger partial charge in [0.1, 0.15) is 5.58 Å². The molecule has 6 rings (SSSR count). The Morgan fingerprint density at radius 2 is 1.82 bits per heavy atom. The van der Waals surface area contributed by atoms with Gasteiger partial charge in [-0.2, -0.15) is 0 Å². The Morgan fingerprint density at radius 3 is 2.55 bits per heavy atom. The number of nitrogens with zero attached hydrogens (tertiary/aromatic N) is 1. The molecule has 174 valence electrons. The maximum Gasteiger partial charge on any atom is 0.319 e. The molecule has 8 heteroatoms. The third-order valence-electron chi connectivity index (χ3n) is 6.54. The largest absolute Gasteiger partial charge is 0.450 e. The molecule has 0 spiro atoms. The third kappa shape index (κ3) is 4.70. The van der Waals surface area contributed by atoms with Crippen LogP contribution in [0.2, 0.25) is 0 Å². The average Bonchev–Trinajstić information content (AvgIpc) is 3.25. The lowest BCUT2D eigenvalue weighted by Crippen LogP contribution is -2.57. The average molecular weight is 469 g/mol. The number of hydrogen-bond donors (Lipinski definition) is 3. The molecule has 3 fully saturated rings. The molecule has 2 aromatic carbocycles. The summed E-state index contributed by atoms with van der Waals surface area (Å²) in [7, 11) is 0. The summed E-state index contributed by atoms with van der Waals surface area (Å²) < 4.78 is 6.09. The molecule has 1 aromatic heterocycles. The molecule has 33 heavy (non-hydrogen) atoms. The summed E-state index contributed by atoms with van der Waals surface area (Å²) in [5.74, 6) is 0.703. The van der Waals surface area contributed by atoms with Crippen molar-refractivity contribution in [3.8, 4) is 11.1 Å². The lowest BCUT2D eigenvalue weighted by molar-refractivity contribution is 0.0607. The maximum absolute atomic E-state index is 13.0. The van der Waals surface area contributed by atoms with Crippen LogP contribution in [-0.2, 0) is 0 Å². The fraction of sp³-hybridized carbons (Fsp3) is 0.360. The first-order valence-electron chi connectivity index (χ1n) is 11.3. The van der Waals surface area contributed by atoms with E-state index in [1.807, 2.05) is 49.4 Å². The van der Waals surface area contributed by atoms with E-state index in [9.17, 15) is 9.59 Å². The summed E-state index contributed by atoms with van der Waals surface area (Å²) in [5, 5.41) is 9.70. The summed E-state index contributed by atoms with van der Waals surface area (Å²) >= 11 is 0. The molecule has 0 saturated carbocycles. The van der Waals surface area contributed by atoms with E-state index in [2.05, 4.69) is 20.9 Å². The highest BCUT2D eigenvalue weighted by Gasteiger charge is 2.35. The van der Waals surface area contributed by atoms with Gasteiger partial charge in [-0.1, -0.05) is 36.4 Å². The molecule has 0 radical (unpaired) electrons. The van der Waals surface area contributed by atoms with E-state index in [4.69, 9.17) is 4.42 Å². The van der Waals surface area contributed by atoms with Gasteiger partial charge in [-0.05, 0) is 50.9 Å². The van der Waals surface area contributed by atoms with Crippen molar-refractivity contribution in [2.24, 2.45) is 5.92 Å². The van der Waals surface area contributed by atoms with Gasteiger partial charge in [-0.25, -0.2) is 4.79 Å². The lowest BCUT2D eigenvalue weighted by Gasteiger charge is -2.44. The number of furan rings is 1. The van der Waals surface area contributed by atoms with E-state index in [1.165, 1.54) is 0 Å². The number of halogens is 1. The number of nitrogens with one attached hydrogen (secondary N) is 3. The van der Waals surface area contributed by atoms with Crippen molar-refractivity contribution >= 4 is 41.0 Å². The van der Waals surface area contributed by atoms with Crippen LogP contribution in [0.3, 0.4) is 0 Å². The quantitative estimate of drug-likeness (QED) is 0.515. The van der Waals surface area contributed by atoms with Gasteiger partial charge in [0.2, 0.25) is 0 Å². The highest BCUT2D eigenvalue weighted by Crippen LogP contribution is 2.35.